The zero-order chi connectivity index (χ0) is 11.4. The van der Waals surface area contributed by atoms with Gasteiger partial charge < -0.3 is 4.48 Å². The lowest BCUT2D eigenvalue weighted by molar-refractivity contribution is -0.961. The van der Waals surface area contributed by atoms with Gasteiger partial charge in [-0.1, -0.05) is 12.5 Å². The van der Waals surface area contributed by atoms with E-state index in [1.165, 1.54) is 56.1 Å². The van der Waals surface area contributed by atoms with Gasteiger partial charge in [-0.25, -0.2) is 0 Å². The third-order valence-electron chi connectivity index (χ3n) is 5.92. The first kappa shape index (κ1) is 10.8. The largest absolute Gasteiger partial charge is 0.317 e. The Hall–Kier alpha value is -0.300. The van der Waals surface area contributed by atoms with Gasteiger partial charge in [-0.05, 0) is 38.2 Å². The van der Waals surface area contributed by atoms with Crippen LogP contribution in [0.3, 0.4) is 0 Å². The first-order valence-electron chi connectivity index (χ1n) is 7.11. The van der Waals surface area contributed by atoms with Gasteiger partial charge in [0.05, 0.1) is 20.1 Å². The first-order chi connectivity index (χ1) is 7.55. The van der Waals surface area contributed by atoms with Crippen LogP contribution >= 0.6 is 0 Å². The Morgan fingerprint density at radius 2 is 2.06 bits per heavy atom. The molecule has 0 aromatic carbocycles. The molecule has 0 saturated carbocycles. The molecule has 1 heteroatoms. The lowest BCUT2D eigenvalue weighted by atomic mass is 9.72. The van der Waals surface area contributed by atoms with Gasteiger partial charge in [-0.15, -0.1) is 0 Å². The van der Waals surface area contributed by atoms with E-state index in [1.807, 2.05) is 11.1 Å². The quantitative estimate of drug-likeness (QED) is 0.433. The van der Waals surface area contributed by atoms with Crippen LogP contribution in [0, 0.1) is 5.92 Å². The number of piperidine rings is 1. The molecular weight excluding hydrogens is 194 g/mol. The number of fused-ring (bicyclic) bond motifs is 2. The molecule has 3 aliphatic rings. The second-order valence-corrected chi connectivity index (χ2v) is 6.91. The Bertz CT molecular complexity index is 343. The summed E-state index contributed by atoms with van der Waals surface area (Å²) >= 11 is 0. The Morgan fingerprint density at radius 1 is 1.25 bits per heavy atom. The predicted molar refractivity (Wildman–Crippen MR) is 68.2 cm³/mol. The van der Waals surface area contributed by atoms with E-state index in [-0.39, 0.29) is 0 Å². The zero-order valence-electron chi connectivity index (χ0n) is 11.2. The highest BCUT2D eigenvalue weighted by atomic mass is 15.4. The van der Waals surface area contributed by atoms with Gasteiger partial charge in [-0.3, -0.25) is 0 Å². The minimum Gasteiger partial charge on any atom is -0.317 e. The summed E-state index contributed by atoms with van der Waals surface area (Å²) in [5.74, 6) is 0.932. The summed E-state index contributed by atoms with van der Waals surface area (Å²) in [6.07, 6.45) is 8.54. The molecule has 0 bridgehead atoms. The molecule has 0 aromatic heterocycles. The van der Waals surface area contributed by atoms with Gasteiger partial charge in [0, 0.05) is 18.8 Å². The third-order valence-corrected chi connectivity index (χ3v) is 5.92. The summed E-state index contributed by atoms with van der Waals surface area (Å²) in [6.45, 7) is 7.83. The zero-order valence-corrected chi connectivity index (χ0v) is 11.2. The number of hydrogen-bond acceptors (Lipinski definition) is 0. The van der Waals surface area contributed by atoms with Crippen molar-refractivity contribution >= 4 is 0 Å². The summed E-state index contributed by atoms with van der Waals surface area (Å²) in [5, 5.41) is 0. The molecule has 0 N–H and O–H groups in total. The Balaban J connectivity index is 2.02. The van der Waals surface area contributed by atoms with Crippen molar-refractivity contribution in [2.45, 2.75) is 57.9 Å². The summed E-state index contributed by atoms with van der Waals surface area (Å²) in [7, 11) is 2.53. The fraction of sp³-hybridized carbons (Fsp3) is 0.867. The second kappa shape index (κ2) is 3.35. The summed E-state index contributed by atoms with van der Waals surface area (Å²) < 4.78 is 1.34. The SMILES string of the molecule is C[C@H]1CC[C@@]2(C)C3=C(CCC3)CC[N+]2(C)C1. The van der Waals surface area contributed by atoms with Gasteiger partial charge in [0.25, 0.3) is 0 Å². The number of hydrogen-bond donors (Lipinski definition) is 0. The van der Waals surface area contributed by atoms with Crippen LogP contribution in [-0.4, -0.2) is 30.2 Å². The van der Waals surface area contributed by atoms with E-state index in [9.17, 15) is 0 Å². The van der Waals surface area contributed by atoms with E-state index in [1.54, 1.807) is 0 Å². The average Bonchev–Trinajstić information content (AvgIpc) is 2.70. The maximum atomic E-state index is 2.57. The lowest BCUT2D eigenvalue weighted by Crippen LogP contribution is -2.67. The molecule has 2 heterocycles. The van der Waals surface area contributed by atoms with Gasteiger partial charge in [0.15, 0.2) is 0 Å². The molecule has 16 heavy (non-hydrogen) atoms. The second-order valence-electron chi connectivity index (χ2n) is 6.91. The maximum Gasteiger partial charge on any atom is 0.118 e. The predicted octanol–water partition coefficient (Wildman–Crippen LogP) is 3.51. The highest BCUT2D eigenvalue weighted by molar-refractivity contribution is 5.30. The Morgan fingerprint density at radius 3 is 2.88 bits per heavy atom. The van der Waals surface area contributed by atoms with Gasteiger partial charge in [-0.2, -0.15) is 0 Å². The van der Waals surface area contributed by atoms with Crippen LogP contribution in [0.5, 0.6) is 0 Å². The van der Waals surface area contributed by atoms with E-state index in [2.05, 4.69) is 20.9 Å². The Kier molecular flexibility index (Phi) is 2.27. The van der Waals surface area contributed by atoms with E-state index in [4.69, 9.17) is 0 Å². The molecular formula is C15H26N+. The fourth-order valence-electron chi connectivity index (χ4n) is 4.71. The minimum atomic E-state index is 0.511. The normalized spacial score (nSPS) is 47.8. The van der Waals surface area contributed by atoms with Gasteiger partial charge >= 0.3 is 0 Å². The molecule has 0 radical (unpaired) electrons. The van der Waals surface area contributed by atoms with E-state index < -0.39 is 0 Å². The summed E-state index contributed by atoms with van der Waals surface area (Å²) in [4.78, 5) is 0. The van der Waals surface area contributed by atoms with Crippen LogP contribution in [0.4, 0.5) is 0 Å². The lowest BCUT2D eigenvalue weighted by Gasteiger charge is -2.57. The van der Waals surface area contributed by atoms with Crippen molar-refractivity contribution in [3.8, 4) is 0 Å². The molecule has 1 nitrogen and oxygen atoms in total. The molecule has 1 saturated heterocycles. The van der Waals surface area contributed by atoms with E-state index in [0.717, 1.165) is 5.92 Å². The molecule has 0 amide bonds. The Labute approximate surface area is 100 Å². The van der Waals surface area contributed by atoms with Crippen molar-refractivity contribution in [2.24, 2.45) is 5.92 Å². The summed E-state index contributed by atoms with van der Waals surface area (Å²) in [5.41, 5.74) is 4.25. The number of rotatable bonds is 0. The smallest absolute Gasteiger partial charge is 0.118 e. The molecule has 2 aliphatic heterocycles. The molecule has 3 atom stereocenters. The number of quaternary nitrogens is 1. The molecule has 90 valence electrons. The van der Waals surface area contributed by atoms with E-state index in [0.29, 0.717) is 5.54 Å². The van der Waals surface area contributed by atoms with Crippen molar-refractivity contribution in [2.75, 3.05) is 20.1 Å². The van der Waals surface area contributed by atoms with Gasteiger partial charge in [0.2, 0.25) is 0 Å². The topological polar surface area (TPSA) is 0 Å². The van der Waals surface area contributed by atoms with Gasteiger partial charge in [0.1, 0.15) is 5.54 Å². The van der Waals surface area contributed by atoms with Crippen LogP contribution < -0.4 is 0 Å². The average molecular weight is 220 g/mol. The monoisotopic (exact) mass is 220 g/mol. The fourth-order valence-corrected chi connectivity index (χ4v) is 4.71. The molecule has 1 unspecified atom stereocenters. The molecule has 3 rings (SSSR count). The number of likely N-dealkylation sites (N-methyl/N-ethyl adjacent to an activating group) is 1. The summed E-state index contributed by atoms with van der Waals surface area (Å²) in [6, 6.07) is 0. The van der Waals surface area contributed by atoms with E-state index >= 15 is 0 Å². The van der Waals surface area contributed by atoms with Crippen LogP contribution in [0.2, 0.25) is 0 Å². The van der Waals surface area contributed by atoms with Crippen LogP contribution in [0.15, 0.2) is 11.1 Å². The third kappa shape index (κ3) is 1.27. The first-order valence-corrected chi connectivity index (χ1v) is 7.11. The number of nitrogens with zero attached hydrogens (tertiary/aromatic N) is 1. The standard InChI is InChI=1S/C15H26N/c1-12-7-9-15(2)14-6-4-5-13(14)8-10-16(15,3)11-12/h12H,4-11H2,1-3H3/q+1/t12-,15-,16?/m0/s1. The van der Waals surface area contributed by atoms with Crippen molar-refractivity contribution in [1.82, 2.24) is 0 Å². The molecule has 0 spiro atoms. The minimum absolute atomic E-state index is 0.511. The van der Waals surface area contributed by atoms with Crippen LogP contribution in [0.25, 0.3) is 0 Å². The van der Waals surface area contributed by atoms with Crippen molar-refractivity contribution < 1.29 is 4.48 Å². The molecule has 1 aliphatic carbocycles. The maximum absolute atomic E-state index is 2.57. The highest BCUT2D eigenvalue weighted by Crippen LogP contribution is 2.50. The van der Waals surface area contributed by atoms with Crippen LogP contribution in [0.1, 0.15) is 52.4 Å². The van der Waals surface area contributed by atoms with Crippen molar-refractivity contribution in [3.63, 3.8) is 0 Å². The highest BCUT2D eigenvalue weighted by Gasteiger charge is 2.53. The van der Waals surface area contributed by atoms with Crippen molar-refractivity contribution in [1.29, 1.82) is 0 Å². The molecule has 0 aromatic rings. The van der Waals surface area contributed by atoms with Crippen LogP contribution in [-0.2, 0) is 0 Å². The van der Waals surface area contributed by atoms with Crippen molar-refractivity contribution in [3.05, 3.63) is 11.1 Å². The molecule has 1 fully saturated rings.